The van der Waals surface area contributed by atoms with E-state index in [4.69, 9.17) is 4.84 Å². The molecule has 178 valence electrons. The molecule has 0 bridgehead atoms. The van der Waals surface area contributed by atoms with Crippen LogP contribution in [0, 0.1) is 11.6 Å². The quantitative estimate of drug-likeness (QED) is 0.649. The molecule has 0 fully saturated rings. The molecule has 2 N–H and O–H groups in total. The lowest BCUT2D eigenvalue weighted by Gasteiger charge is -2.27. The molecule has 9 nitrogen and oxygen atoms in total. The highest BCUT2D eigenvalue weighted by Gasteiger charge is 2.37. The number of halogens is 5. The number of amides is 3. The molecule has 33 heavy (non-hydrogen) atoms. The van der Waals surface area contributed by atoms with E-state index in [0.29, 0.717) is 11.3 Å². The molecule has 1 unspecified atom stereocenters. The smallest absolute Gasteiger partial charge is 0.393 e. The summed E-state index contributed by atoms with van der Waals surface area (Å²) in [7, 11) is 1.36. The number of carbonyl (C=O) groups is 2. The average molecular weight is 475 g/mol. The van der Waals surface area contributed by atoms with Crippen LogP contribution in [0.25, 0.3) is 0 Å². The molecule has 3 heterocycles. The predicted molar refractivity (Wildman–Crippen MR) is 101 cm³/mol. The minimum absolute atomic E-state index is 0.0520. The van der Waals surface area contributed by atoms with Crippen LogP contribution in [0.2, 0.25) is 0 Å². The van der Waals surface area contributed by atoms with E-state index in [0.717, 1.165) is 5.06 Å². The van der Waals surface area contributed by atoms with Crippen LogP contribution in [0.5, 0.6) is 0 Å². The van der Waals surface area contributed by atoms with Crippen molar-refractivity contribution in [1.82, 2.24) is 19.7 Å². The second-order valence-electron chi connectivity index (χ2n) is 7.58. The number of rotatable bonds is 2. The van der Waals surface area contributed by atoms with Gasteiger partial charge in [-0.3, -0.25) is 14.3 Å². The van der Waals surface area contributed by atoms with Crippen LogP contribution in [0.15, 0.2) is 12.1 Å². The number of urea groups is 1. The lowest BCUT2D eigenvalue weighted by Crippen LogP contribution is -2.40. The molecule has 0 aliphatic carbocycles. The largest absolute Gasteiger partial charge is 0.419 e. The second-order valence-corrected chi connectivity index (χ2v) is 7.58. The molecule has 0 radical (unpaired) electrons. The third kappa shape index (κ3) is 4.23. The lowest BCUT2D eigenvalue weighted by atomic mass is 10.0. The topological polar surface area (TPSA) is 99.9 Å². The number of aliphatic hydroxyl groups is 1. The van der Waals surface area contributed by atoms with Crippen molar-refractivity contribution >= 4 is 17.6 Å². The van der Waals surface area contributed by atoms with E-state index in [1.807, 2.05) is 5.32 Å². The van der Waals surface area contributed by atoms with E-state index < -0.39 is 47.1 Å². The van der Waals surface area contributed by atoms with Crippen LogP contribution < -0.4 is 5.32 Å². The van der Waals surface area contributed by atoms with Gasteiger partial charge in [0.15, 0.2) is 0 Å². The van der Waals surface area contributed by atoms with Gasteiger partial charge in [0.1, 0.15) is 23.4 Å². The zero-order valence-corrected chi connectivity index (χ0v) is 17.1. The molecule has 4 rings (SSSR count). The Morgan fingerprint density at radius 1 is 1.30 bits per heavy atom. The average Bonchev–Trinajstić information content (AvgIpc) is 3.04. The summed E-state index contributed by atoms with van der Waals surface area (Å²) < 4.78 is 67.7. The summed E-state index contributed by atoms with van der Waals surface area (Å²) in [4.78, 5) is 31.9. The molecule has 0 saturated heterocycles. The number of nitrogens with zero attached hydrogens (tertiary/aromatic N) is 4. The fourth-order valence-electron chi connectivity index (χ4n) is 3.77. The van der Waals surface area contributed by atoms with Crippen molar-refractivity contribution in [2.24, 2.45) is 0 Å². The summed E-state index contributed by atoms with van der Waals surface area (Å²) in [5.41, 5.74) is -1.45. The van der Waals surface area contributed by atoms with E-state index in [1.54, 1.807) is 0 Å². The number of benzene rings is 1. The first-order valence-electron chi connectivity index (χ1n) is 9.76. The zero-order valence-electron chi connectivity index (χ0n) is 17.1. The van der Waals surface area contributed by atoms with Crippen LogP contribution in [-0.2, 0) is 30.5 Å². The number of hydrogen-bond acceptors (Lipinski definition) is 5. The Kier molecular flexibility index (Phi) is 5.74. The fraction of sp³-hybridized carbons (Fsp3) is 0.421. The molecule has 14 heteroatoms. The molecule has 2 aromatic rings. The number of nitrogens with one attached hydrogen (secondary N) is 1. The zero-order chi connectivity index (χ0) is 24.1. The number of hydrogen-bond donors (Lipinski definition) is 2. The predicted octanol–water partition coefficient (Wildman–Crippen LogP) is 2.15. The maximum atomic E-state index is 14.0. The number of aliphatic hydroxyl groups excluding tert-OH is 1. The fourth-order valence-corrected chi connectivity index (χ4v) is 3.77. The summed E-state index contributed by atoms with van der Waals surface area (Å²) in [5, 5.41) is 16.8. The summed E-state index contributed by atoms with van der Waals surface area (Å²) in [6, 6.07) is -0.691. The number of hydroxylamine groups is 2. The van der Waals surface area contributed by atoms with Gasteiger partial charge in [0, 0.05) is 31.6 Å². The molecule has 1 aromatic carbocycles. The van der Waals surface area contributed by atoms with Gasteiger partial charge in [0.2, 0.25) is 0 Å². The monoisotopic (exact) mass is 475 g/mol. The van der Waals surface area contributed by atoms with Gasteiger partial charge in [-0.05, 0) is 6.07 Å². The Labute approximate surface area is 183 Å². The van der Waals surface area contributed by atoms with Crippen molar-refractivity contribution in [3.63, 3.8) is 0 Å². The Hall–Kier alpha value is -3.26. The first-order valence-corrected chi connectivity index (χ1v) is 9.76. The maximum absolute atomic E-state index is 14.0. The standard InChI is InChI=1S/C19H18F5N5O4/c1-27-17(31)16-10-7-28(3-2-14(10)26-29(16)6-9(8-30)33-27)18(32)25-15-4-11(19(22,23)24)12(20)5-13(15)21/h4-5,9,30H,2-3,6-8H2,1H3,(H,25,32). The van der Waals surface area contributed by atoms with Crippen molar-refractivity contribution in [3.05, 3.63) is 46.3 Å². The Morgan fingerprint density at radius 3 is 2.70 bits per heavy atom. The van der Waals surface area contributed by atoms with Gasteiger partial charge >= 0.3 is 12.2 Å². The van der Waals surface area contributed by atoms with Gasteiger partial charge < -0.3 is 15.3 Å². The highest BCUT2D eigenvalue weighted by Crippen LogP contribution is 2.34. The molecule has 1 aromatic heterocycles. The number of anilines is 1. The minimum Gasteiger partial charge on any atom is -0.393 e. The van der Waals surface area contributed by atoms with Crippen LogP contribution >= 0.6 is 0 Å². The van der Waals surface area contributed by atoms with Crippen molar-refractivity contribution in [1.29, 1.82) is 0 Å². The minimum atomic E-state index is -5.08. The molecule has 0 saturated carbocycles. The van der Waals surface area contributed by atoms with Gasteiger partial charge in [0.25, 0.3) is 5.91 Å². The summed E-state index contributed by atoms with van der Waals surface area (Å²) in [5.74, 6) is -3.72. The maximum Gasteiger partial charge on any atom is 0.419 e. The molecular formula is C19H18F5N5O4. The molecule has 3 amide bonds. The number of alkyl halides is 3. The molecule has 2 aliphatic heterocycles. The van der Waals surface area contributed by atoms with E-state index in [2.05, 4.69) is 5.10 Å². The van der Waals surface area contributed by atoms with Gasteiger partial charge in [-0.1, -0.05) is 0 Å². The van der Waals surface area contributed by atoms with Crippen LogP contribution in [0.4, 0.5) is 32.4 Å². The Balaban J connectivity index is 1.59. The SMILES string of the molecule is CN1OC(CO)Cn2nc3c(c2C1=O)CN(C(=O)Nc1cc(C(F)(F)F)c(F)cc1F)CC3. The van der Waals surface area contributed by atoms with Crippen LogP contribution in [0.1, 0.15) is 27.3 Å². The van der Waals surface area contributed by atoms with Gasteiger partial charge in [-0.15, -0.1) is 0 Å². The summed E-state index contributed by atoms with van der Waals surface area (Å²) in [6.45, 7) is -0.315. The number of fused-ring (bicyclic) bond motifs is 3. The van der Waals surface area contributed by atoms with Gasteiger partial charge in [-0.25, -0.2) is 18.6 Å². The third-order valence-electron chi connectivity index (χ3n) is 5.37. The lowest BCUT2D eigenvalue weighted by molar-refractivity contribution is -0.159. The number of aromatic nitrogens is 2. The first kappa shape index (κ1) is 22.9. The van der Waals surface area contributed by atoms with E-state index in [1.165, 1.54) is 16.6 Å². The molecule has 0 spiro atoms. The summed E-state index contributed by atoms with van der Waals surface area (Å²) >= 11 is 0. The normalized spacial score (nSPS) is 18.6. The van der Waals surface area contributed by atoms with Gasteiger partial charge in [-0.2, -0.15) is 18.3 Å². The summed E-state index contributed by atoms with van der Waals surface area (Å²) in [6.07, 6.45) is -5.57. The van der Waals surface area contributed by atoms with E-state index in [-0.39, 0.29) is 50.5 Å². The first-order chi connectivity index (χ1) is 15.5. The Morgan fingerprint density at radius 2 is 2.03 bits per heavy atom. The van der Waals surface area contributed by atoms with E-state index >= 15 is 0 Å². The van der Waals surface area contributed by atoms with Crippen molar-refractivity contribution in [2.45, 2.75) is 31.8 Å². The highest BCUT2D eigenvalue weighted by atomic mass is 19.4. The van der Waals surface area contributed by atoms with Crippen LogP contribution in [0.3, 0.4) is 0 Å². The molecule has 1 atom stereocenters. The van der Waals surface area contributed by atoms with Crippen molar-refractivity contribution in [3.8, 4) is 0 Å². The molecule has 2 aliphatic rings. The Bertz CT molecular complexity index is 1120. The highest BCUT2D eigenvalue weighted by molar-refractivity contribution is 5.94. The third-order valence-corrected chi connectivity index (χ3v) is 5.37. The van der Waals surface area contributed by atoms with Crippen LogP contribution in [-0.4, -0.2) is 63.1 Å². The van der Waals surface area contributed by atoms with Crippen molar-refractivity contribution in [2.75, 3.05) is 25.5 Å². The second kappa shape index (κ2) is 8.26. The van der Waals surface area contributed by atoms with Crippen molar-refractivity contribution < 1.29 is 41.5 Å². The van der Waals surface area contributed by atoms with Gasteiger partial charge in [0.05, 0.1) is 36.6 Å². The number of carbonyl (C=O) groups excluding carboxylic acids is 2. The molecular weight excluding hydrogens is 457 g/mol. The van der Waals surface area contributed by atoms with E-state index in [9.17, 15) is 36.6 Å².